The van der Waals surface area contributed by atoms with Crippen molar-refractivity contribution in [3.8, 4) is 0 Å². The van der Waals surface area contributed by atoms with Gasteiger partial charge < -0.3 is 5.32 Å². The van der Waals surface area contributed by atoms with Crippen LogP contribution in [-0.4, -0.2) is 27.1 Å². The summed E-state index contributed by atoms with van der Waals surface area (Å²) in [5, 5.41) is 3.36. The number of hydrogen-bond donors (Lipinski definition) is 1. The van der Waals surface area contributed by atoms with Gasteiger partial charge in [-0.15, -0.1) is 0 Å². The second kappa shape index (κ2) is 8.53. The lowest BCUT2D eigenvalue weighted by atomic mass is 9.96. The summed E-state index contributed by atoms with van der Waals surface area (Å²) in [6.45, 7) is 9.39. The van der Waals surface area contributed by atoms with Crippen LogP contribution in [0.4, 0.5) is 5.69 Å². The van der Waals surface area contributed by atoms with Gasteiger partial charge in [-0.3, -0.25) is 9.10 Å². The monoisotopic (exact) mass is 422 g/mol. The number of rotatable bonds is 6. The molecule has 0 unspecified atom stereocenters. The summed E-state index contributed by atoms with van der Waals surface area (Å²) in [6, 6.07) is 8.91. The van der Waals surface area contributed by atoms with Crippen molar-refractivity contribution in [3.05, 3.63) is 63.2 Å². The van der Waals surface area contributed by atoms with Crippen LogP contribution < -0.4 is 9.62 Å². The van der Waals surface area contributed by atoms with E-state index in [1.54, 1.807) is 25.1 Å². The van der Waals surface area contributed by atoms with Gasteiger partial charge in [0.15, 0.2) is 0 Å². The highest BCUT2D eigenvalue weighted by Gasteiger charge is 2.24. The molecule has 0 saturated carbocycles. The molecule has 28 heavy (non-hydrogen) atoms. The summed E-state index contributed by atoms with van der Waals surface area (Å²) >= 11 is 6.13. The molecule has 0 aliphatic rings. The van der Waals surface area contributed by atoms with E-state index < -0.39 is 10.0 Å². The Hall–Kier alpha value is -2.05. The highest BCUT2D eigenvalue weighted by molar-refractivity contribution is 7.92. The average Bonchev–Trinajstić information content (AvgIpc) is 2.57. The molecular weight excluding hydrogens is 396 g/mol. The van der Waals surface area contributed by atoms with E-state index in [4.69, 9.17) is 11.6 Å². The second-order valence-electron chi connectivity index (χ2n) is 7.24. The summed E-state index contributed by atoms with van der Waals surface area (Å²) in [5.74, 6) is -0.380. The molecule has 2 aromatic rings. The van der Waals surface area contributed by atoms with Crippen LogP contribution in [0.3, 0.4) is 0 Å². The molecule has 1 amide bonds. The van der Waals surface area contributed by atoms with E-state index >= 15 is 0 Å². The minimum atomic E-state index is -3.66. The molecule has 5 nitrogen and oxygen atoms in total. The number of nitrogens with one attached hydrogen (secondary N) is 1. The van der Waals surface area contributed by atoms with Crippen molar-refractivity contribution >= 4 is 33.2 Å². The second-order valence-corrected chi connectivity index (χ2v) is 9.55. The molecule has 0 spiro atoms. The molecular formula is C21H27ClN2O3S. The molecule has 2 rings (SSSR count). The maximum absolute atomic E-state index is 12.7. The van der Waals surface area contributed by atoms with E-state index in [2.05, 4.69) is 17.4 Å². The molecule has 0 heterocycles. The molecule has 0 aliphatic carbocycles. The van der Waals surface area contributed by atoms with E-state index in [1.807, 2.05) is 27.7 Å². The van der Waals surface area contributed by atoms with E-state index in [0.29, 0.717) is 16.3 Å². The van der Waals surface area contributed by atoms with E-state index in [-0.39, 0.29) is 18.5 Å². The van der Waals surface area contributed by atoms with Crippen molar-refractivity contribution < 1.29 is 13.2 Å². The maximum atomic E-state index is 12.7. The van der Waals surface area contributed by atoms with Crippen molar-refractivity contribution in [2.75, 3.05) is 17.1 Å². The fourth-order valence-electron chi connectivity index (χ4n) is 3.19. The third-order valence-corrected chi connectivity index (χ3v) is 6.46. The molecule has 0 fully saturated rings. The largest absolute Gasteiger partial charge is 0.348 e. The number of carbonyl (C=O) groups is 1. The summed E-state index contributed by atoms with van der Waals surface area (Å²) in [5.41, 5.74) is 5.46. The smallest absolute Gasteiger partial charge is 0.241 e. The van der Waals surface area contributed by atoms with Crippen LogP contribution in [0, 0.1) is 27.7 Å². The number of benzene rings is 2. The van der Waals surface area contributed by atoms with E-state index in [0.717, 1.165) is 27.3 Å². The Morgan fingerprint density at radius 2 is 1.71 bits per heavy atom. The van der Waals surface area contributed by atoms with Gasteiger partial charge in [0.05, 0.1) is 18.0 Å². The minimum Gasteiger partial charge on any atom is -0.348 e. The quantitative estimate of drug-likeness (QED) is 0.757. The van der Waals surface area contributed by atoms with Crippen molar-refractivity contribution in [2.24, 2.45) is 0 Å². The predicted molar refractivity (Wildman–Crippen MR) is 116 cm³/mol. The first-order chi connectivity index (χ1) is 12.9. The van der Waals surface area contributed by atoms with E-state index in [9.17, 15) is 13.2 Å². The zero-order valence-corrected chi connectivity index (χ0v) is 18.7. The van der Waals surface area contributed by atoms with Crippen LogP contribution >= 0.6 is 11.6 Å². The van der Waals surface area contributed by atoms with Crippen molar-refractivity contribution in [1.29, 1.82) is 0 Å². The Bertz CT molecular complexity index is 1000. The summed E-state index contributed by atoms with van der Waals surface area (Å²) in [7, 11) is -3.66. The van der Waals surface area contributed by atoms with Gasteiger partial charge in [0.25, 0.3) is 0 Å². The lowest BCUT2D eigenvalue weighted by molar-refractivity contribution is -0.120. The summed E-state index contributed by atoms with van der Waals surface area (Å²) < 4.78 is 25.7. The van der Waals surface area contributed by atoms with Gasteiger partial charge in [-0.1, -0.05) is 29.8 Å². The molecule has 2 aromatic carbocycles. The lowest BCUT2D eigenvalue weighted by Gasteiger charge is -2.25. The number of carbonyl (C=O) groups excluding carboxylic acids is 1. The maximum Gasteiger partial charge on any atom is 0.241 e. The van der Waals surface area contributed by atoms with Crippen molar-refractivity contribution in [2.45, 2.75) is 40.7 Å². The lowest BCUT2D eigenvalue weighted by Crippen LogP contribution is -2.41. The number of sulfonamides is 1. The van der Waals surface area contributed by atoms with E-state index in [1.165, 1.54) is 5.56 Å². The molecule has 1 atom stereocenters. The number of amides is 1. The van der Waals surface area contributed by atoms with Crippen molar-refractivity contribution in [3.63, 3.8) is 0 Å². The van der Waals surface area contributed by atoms with Gasteiger partial charge in [-0.25, -0.2) is 8.42 Å². The van der Waals surface area contributed by atoms with Gasteiger partial charge >= 0.3 is 0 Å². The highest BCUT2D eigenvalue weighted by Crippen LogP contribution is 2.28. The molecule has 0 radical (unpaired) electrons. The predicted octanol–water partition coefficient (Wildman–Crippen LogP) is 4.22. The molecule has 7 heteroatoms. The van der Waals surface area contributed by atoms with Gasteiger partial charge in [-0.05, 0) is 74.6 Å². The minimum absolute atomic E-state index is 0.242. The Balaban J connectivity index is 2.25. The first-order valence-electron chi connectivity index (χ1n) is 9.01. The molecule has 0 bridgehead atoms. The number of anilines is 1. The molecule has 0 saturated heterocycles. The third-order valence-electron chi connectivity index (χ3n) is 4.92. The van der Waals surface area contributed by atoms with Crippen LogP contribution in [-0.2, 0) is 14.8 Å². The number of halogens is 1. The highest BCUT2D eigenvalue weighted by atomic mass is 35.5. The first-order valence-corrected chi connectivity index (χ1v) is 11.2. The van der Waals surface area contributed by atoms with Crippen molar-refractivity contribution in [1.82, 2.24) is 5.32 Å². The van der Waals surface area contributed by atoms with Crippen LogP contribution in [0.25, 0.3) is 0 Å². The number of nitrogens with zero attached hydrogens (tertiary/aromatic N) is 1. The zero-order valence-electron chi connectivity index (χ0n) is 17.1. The Morgan fingerprint density at radius 1 is 1.11 bits per heavy atom. The average molecular weight is 423 g/mol. The Labute approximate surface area is 172 Å². The van der Waals surface area contributed by atoms with Crippen LogP contribution in [0.2, 0.25) is 5.02 Å². The Morgan fingerprint density at radius 3 is 2.32 bits per heavy atom. The van der Waals surface area contributed by atoms with Gasteiger partial charge in [-0.2, -0.15) is 0 Å². The molecule has 1 N–H and O–H groups in total. The first kappa shape index (κ1) is 22.2. The number of aryl methyl sites for hydroxylation is 3. The SMILES string of the molecule is Cc1cc(C)c([C@@H](C)NC(=O)CN(c2cccc(Cl)c2C)S(C)(=O)=O)cc1C. The zero-order chi connectivity index (χ0) is 21.2. The molecule has 152 valence electrons. The van der Waals surface area contributed by atoms with Gasteiger partial charge in [0, 0.05) is 5.02 Å². The van der Waals surface area contributed by atoms with Crippen LogP contribution in [0.15, 0.2) is 30.3 Å². The normalized spacial score (nSPS) is 12.5. The van der Waals surface area contributed by atoms with Gasteiger partial charge in [0.1, 0.15) is 6.54 Å². The standard InChI is InChI=1S/C21H27ClN2O3S/c1-13-10-15(3)18(11-14(13)2)17(5)23-21(25)12-24(28(6,26)27)20-9-7-8-19(22)16(20)4/h7-11,17H,12H2,1-6H3,(H,23,25)/t17-/m1/s1. The fraction of sp³-hybridized carbons (Fsp3) is 0.381. The summed E-state index contributed by atoms with van der Waals surface area (Å²) in [6.07, 6.45) is 1.08. The summed E-state index contributed by atoms with van der Waals surface area (Å²) in [4.78, 5) is 12.7. The Kier molecular flexibility index (Phi) is 6.78. The topological polar surface area (TPSA) is 66.5 Å². The molecule has 0 aromatic heterocycles. The van der Waals surface area contributed by atoms with Crippen LogP contribution in [0.5, 0.6) is 0 Å². The fourth-order valence-corrected chi connectivity index (χ4v) is 4.27. The molecule has 0 aliphatic heterocycles. The van der Waals surface area contributed by atoms with Gasteiger partial charge in [0.2, 0.25) is 15.9 Å². The van der Waals surface area contributed by atoms with Crippen LogP contribution in [0.1, 0.15) is 40.8 Å². The number of hydrogen-bond acceptors (Lipinski definition) is 3. The third kappa shape index (κ3) is 5.06.